The second-order valence-electron chi connectivity index (χ2n) is 5.16. The highest BCUT2D eigenvalue weighted by atomic mass is 16.3. The second kappa shape index (κ2) is 7.39. The van der Waals surface area contributed by atoms with E-state index in [4.69, 9.17) is 10.4 Å². The Hall–Kier alpha value is -2.64. The van der Waals surface area contributed by atoms with Crippen molar-refractivity contribution in [3.05, 3.63) is 64.7 Å². The van der Waals surface area contributed by atoms with Crippen molar-refractivity contribution < 1.29 is 9.90 Å². The summed E-state index contributed by atoms with van der Waals surface area (Å²) in [5.74, 6) is -0.0671. The third-order valence-corrected chi connectivity index (χ3v) is 3.48. The Morgan fingerprint density at radius 2 is 1.86 bits per heavy atom. The van der Waals surface area contributed by atoms with E-state index in [-0.39, 0.29) is 12.5 Å². The number of anilines is 1. The molecule has 112 valence electrons. The number of aryl methyl sites for hydroxylation is 2. The topological polar surface area (TPSA) is 73.1 Å². The molecule has 0 aliphatic heterocycles. The zero-order valence-corrected chi connectivity index (χ0v) is 12.5. The molecule has 2 aromatic carbocycles. The molecule has 2 aromatic rings. The lowest BCUT2D eigenvalue weighted by Crippen LogP contribution is -2.13. The maximum atomic E-state index is 12.0. The predicted octanol–water partition coefficient (Wildman–Crippen LogP) is 2.93. The van der Waals surface area contributed by atoms with Gasteiger partial charge in [-0.2, -0.15) is 5.26 Å². The number of nitrogens with zero attached hydrogens (tertiary/aromatic N) is 1. The average molecular weight is 294 g/mol. The number of aliphatic hydroxyl groups is 1. The Morgan fingerprint density at radius 1 is 1.18 bits per heavy atom. The molecule has 0 aromatic heterocycles. The van der Waals surface area contributed by atoms with Gasteiger partial charge in [0.1, 0.15) is 0 Å². The molecule has 4 nitrogen and oxygen atoms in total. The smallest absolute Gasteiger partial charge is 0.224 e. The maximum absolute atomic E-state index is 12.0. The van der Waals surface area contributed by atoms with Crippen molar-refractivity contribution in [2.75, 3.05) is 5.32 Å². The van der Waals surface area contributed by atoms with Crippen molar-refractivity contribution in [2.24, 2.45) is 0 Å². The van der Waals surface area contributed by atoms with Crippen molar-refractivity contribution in [2.45, 2.75) is 26.4 Å². The summed E-state index contributed by atoms with van der Waals surface area (Å²) in [6.45, 7) is 1.87. The summed E-state index contributed by atoms with van der Waals surface area (Å²) in [6, 6.07) is 14.8. The van der Waals surface area contributed by atoms with E-state index in [1.165, 1.54) is 0 Å². The highest BCUT2D eigenvalue weighted by molar-refractivity contribution is 5.91. The van der Waals surface area contributed by atoms with E-state index < -0.39 is 0 Å². The number of hydrogen-bond acceptors (Lipinski definition) is 3. The second-order valence-corrected chi connectivity index (χ2v) is 5.16. The molecule has 0 unspecified atom stereocenters. The van der Waals surface area contributed by atoms with Gasteiger partial charge in [0.05, 0.1) is 18.2 Å². The minimum absolute atomic E-state index is 0.0472. The Kier molecular flexibility index (Phi) is 5.29. The van der Waals surface area contributed by atoms with Gasteiger partial charge in [0.2, 0.25) is 5.91 Å². The molecule has 2 N–H and O–H groups in total. The van der Waals surface area contributed by atoms with Crippen LogP contribution in [0.25, 0.3) is 0 Å². The number of amides is 1. The zero-order valence-electron chi connectivity index (χ0n) is 12.5. The fourth-order valence-electron chi connectivity index (χ4n) is 2.12. The van der Waals surface area contributed by atoms with Crippen LogP contribution in [0.15, 0.2) is 42.5 Å². The first kappa shape index (κ1) is 15.7. The highest BCUT2D eigenvalue weighted by Gasteiger charge is 2.06. The molecule has 0 atom stereocenters. The average Bonchev–Trinajstić information content (AvgIpc) is 2.55. The summed E-state index contributed by atoms with van der Waals surface area (Å²) >= 11 is 0. The van der Waals surface area contributed by atoms with Crippen LogP contribution >= 0.6 is 0 Å². The SMILES string of the molecule is Cc1ccc(CO)cc1NC(=O)CCc1ccc(C#N)cc1. The number of nitriles is 1. The van der Waals surface area contributed by atoms with E-state index in [0.717, 1.165) is 22.4 Å². The van der Waals surface area contributed by atoms with Crippen LogP contribution in [0.4, 0.5) is 5.69 Å². The molecule has 0 bridgehead atoms. The summed E-state index contributed by atoms with van der Waals surface area (Å²) < 4.78 is 0. The first-order valence-electron chi connectivity index (χ1n) is 7.11. The standard InChI is InChI=1S/C18H18N2O2/c1-13-2-3-16(12-21)10-17(13)20-18(22)9-8-14-4-6-15(11-19)7-5-14/h2-7,10,21H,8-9,12H2,1H3,(H,20,22). The van der Waals surface area contributed by atoms with Crippen molar-refractivity contribution in [3.8, 4) is 6.07 Å². The van der Waals surface area contributed by atoms with Crippen LogP contribution in [0.5, 0.6) is 0 Å². The molecule has 0 saturated heterocycles. The van der Waals surface area contributed by atoms with Crippen LogP contribution in [0, 0.1) is 18.3 Å². The summed E-state index contributed by atoms with van der Waals surface area (Å²) in [4.78, 5) is 12.0. The Bertz CT molecular complexity index is 700. The van der Waals surface area contributed by atoms with Crippen LogP contribution in [-0.2, 0) is 17.8 Å². The Balaban J connectivity index is 1.94. The van der Waals surface area contributed by atoms with Crippen molar-refractivity contribution in [3.63, 3.8) is 0 Å². The number of rotatable bonds is 5. The predicted molar refractivity (Wildman–Crippen MR) is 85.2 cm³/mol. The molecule has 0 heterocycles. The largest absolute Gasteiger partial charge is 0.392 e. The first-order valence-corrected chi connectivity index (χ1v) is 7.11. The molecule has 22 heavy (non-hydrogen) atoms. The van der Waals surface area contributed by atoms with Gasteiger partial charge >= 0.3 is 0 Å². The van der Waals surface area contributed by atoms with Gasteiger partial charge in [0, 0.05) is 12.1 Å². The molecule has 0 spiro atoms. The number of benzene rings is 2. The normalized spacial score (nSPS) is 10.0. The summed E-state index contributed by atoms with van der Waals surface area (Å²) in [7, 11) is 0. The lowest BCUT2D eigenvalue weighted by atomic mass is 10.1. The highest BCUT2D eigenvalue weighted by Crippen LogP contribution is 2.17. The van der Waals surface area contributed by atoms with Gasteiger partial charge in [-0.15, -0.1) is 0 Å². The van der Waals surface area contributed by atoms with E-state index >= 15 is 0 Å². The lowest BCUT2D eigenvalue weighted by molar-refractivity contribution is -0.116. The summed E-state index contributed by atoms with van der Waals surface area (Å²) in [5, 5.41) is 20.8. The number of carbonyl (C=O) groups is 1. The summed E-state index contributed by atoms with van der Waals surface area (Å²) in [5.41, 5.74) is 4.10. The van der Waals surface area contributed by atoms with Crippen LogP contribution in [0.3, 0.4) is 0 Å². The van der Waals surface area contributed by atoms with Gasteiger partial charge in [0.15, 0.2) is 0 Å². The third kappa shape index (κ3) is 4.18. The van der Waals surface area contributed by atoms with Crippen LogP contribution < -0.4 is 5.32 Å². The first-order chi connectivity index (χ1) is 10.6. The molecule has 0 radical (unpaired) electrons. The van der Waals surface area contributed by atoms with E-state index in [2.05, 4.69) is 11.4 Å². The van der Waals surface area contributed by atoms with Gasteiger partial charge < -0.3 is 10.4 Å². The van der Waals surface area contributed by atoms with E-state index in [0.29, 0.717) is 18.4 Å². The molecule has 1 amide bonds. The third-order valence-electron chi connectivity index (χ3n) is 3.48. The molecule has 2 rings (SSSR count). The van der Waals surface area contributed by atoms with Crippen LogP contribution in [-0.4, -0.2) is 11.0 Å². The Labute approximate surface area is 130 Å². The van der Waals surface area contributed by atoms with Crippen LogP contribution in [0.1, 0.15) is 28.7 Å². The van der Waals surface area contributed by atoms with Crippen molar-refractivity contribution in [1.29, 1.82) is 5.26 Å². The number of aliphatic hydroxyl groups excluding tert-OH is 1. The maximum Gasteiger partial charge on any atom is 0.224 e. The quantitative estimate of drug-likeness (QED) is 0.890. The molecular formula is C18H18N2O2. The number of carbonyl (C=O) groups excluding carboxylic acids is 1. The lowest BCUT2D eigenvalue weighted by Gasteiger charge is -2.10. The summed E-state index contributed by atoms with van der Waals surface area (Å²) in [6.07, 6.45) is 0.991. The number of hydrogen-bond donors (Lipinski definition) is 2. The minimum atomic E-state index is -0.0671. The molecule has 0 aliphatic carbocycles. The van der Waals surface area contributed by atoms with Gasteiger partial charge in [-0.05, 0) is 48.2 Å². The minimum Gasteiger partial charge on any atom is -0.392 e. The fourth-order valence-corrected chi connectivity index (χ4v) is 2.12. The van der Waals surface area contributed by atoms with Gasteiger partial charge in [-0.1, -0.05) is 24.3 Å². The van der Waals surface area contributed by atoms with Gasteiger partial charge in [0.25, 0.3) is 0 Å². The number of nitrogens with one attached hydrogen (secondary N) is 1. The van der Waals surface area contributed by atoms with E-state index in [1.54, 1.807) is 18.2 Å². The zero-order chi connectivity index (χ0) is 15.9. The molecular weight excluding hydrogens is 276 g/mol. The molecule has 4 heteroatoms. The monoisotopic (exact) mass is 294 g/mol. The van der Waals surface area contributed by atoms with Crippen LogP contribution in [0.2, 0.25) is 0 Å². The van der Waals surface area contributed by atoms with E-state index in [1.807, 2.05) is 31.2 Å². The fraction of sp³-hybridized carbons (Fsp3) is 0.222. The molecule has 0 saturated carbocycles. The molecule has 0 fully saturated rings. The van der Waals surface area contributed by atoms with E-state index in [9.17, 15) is 4.79 Å². The Morgan fingerprint density at radius 3 is 2.50 bits per heavy atom. The van der Waals surface area contributed by atoms with Gasteiger partial charge in [-0.3, -0.25) is 4.79 Å². The van der Waals surface area contributed by atoms with Crippen molar-refractivity contribution >= 4 is 11.6 Å². The van der Waals surface area contributed by atoms with Gasteiger partial charge in [-0.25, -0.2) is 0 Å². The van der Waals surface area contributed by atoms with Crippen molar-refractivity contribution in [1.82, 2.24) is 0 Å². The molecule has 0 aliphatic rings.